The molecule has 1 aromatic carbocycles. The van der Waals surface area contributed by atoms with E-state index in [9.17, 15) is 13.6 Å². The van der Waals surface area contributed by atoms with Crippen LogP contribution in [0.15, 0.2) is 24.3 Å². The second-order valence-electron chi connectivity index (χ2n) is 7.96. The summed E-state index contributed by atoms with van der Waals surface area (Å²) >= 11 is 0. The van der Waals surface area contributed by atoms with Crippen LogP contribution in [-0.2, 0) is 15.8 Å². The van der Waals surface area contributed by atoms with Gasteiger partial charge < -0.3 is 9.33 Å². The summed E-state index contributed by atoms with van der Waals surface area (Å²) in [4.78, 5) is 14.4. The number of alkyl halides is 2. The van der Waals surface area contributed by atoms with Gasteiger partial charge in [-0.3, -0.25) is 4.79 Å². The van der Waals surface area contributed by atoms with E-state index in [0.29, 0.717) is 19.5 Å². The molecule has 6 heteroatoms. The highest BCUT2D eigenvalue weighted by Crippen LogP contribution is 2.38. The molecule has 1 saturated heterocycles. The third kappa shape index (κ3) is 4.22. The third-order valence-corrected chi connectivity index (χ3v) is 9.58. The van der Waals surface area contributed by atoms with Crippen LogP contribution in [0.5, 0.6) is 0 Å². The number of rotatable bonds is 5. The predicted molar refractivity (Wildman–Crippen MR) is 93.5 cm³/mol. The molecule has 0 spiro atoms. The Kier molecular flexibility index (Phi) is 5.49. The van der Waals surface area contributed by atoms with Crippen molar-refractivity contribution in [3.8, 4) is 0 Å². The summed E-state index contributed by atoms with van der Waals surface area (Å²) < 4.78 is 31.4. The number of nitrogens with zero attached hydrogens (tertiary/aromatic N) is 1. The Hall–Kier alpha value is -1.27. The molecular formula is C18H27F2NO2Si. The third-order valence-electron chi connectivity index (χ3n) is 5.10. The summed E-state index contributed by atoms with van der Waals surface area (Å²) in [5, 5.41) is 0.0613. The molecule has 0 saturated carbocycles. The van der Waals surface area contributed by atoms with Crippen LogP contribution in [-0.4, -0.2) is 31.8 Å². The summed E-state index contributed by atoms with van der Waals surface area (Å²) in [6.45, 7) is 11.8. The molecule has 1 fully saturated rings. The van der Waals surface area contributed by atoms with Crippen molar-refractivity contribution in [3.05, 3.63) is 35.4 Å². The van der Waals surface area contributed by atoms with Gasteiger partial charge in [0.05, 0.1) is 0 Å². The van der Waals surface area contributed by atoms with Gasteiger partial charge in [0.25, 0.3) is 12.3 Å². The minimum absolute atomic E-state index is 0.00522. The molecular weight excluding hydrogens is 328 g/mol. The van der Waals surface area contributed by atoms with Gasteiger partial charge in [0, 0.05) is 18.7 Å². The summed E-state index contributed by atoms with van der Waals surface area (Å²) in [5.74, 6) is 0.0118. The van der Waals surface area contributed by atoms with E-state index < -0.39 is 14.7 Å². The molecule has 1 heterocycles. The predicted octanol–water partition coefficient (Wildman–Crippen LogP) is 4.75. The van der Waals surface area contributed by atoms with Crippen molar-refractivity contribution >= 4 is 14.2 Å². The van der Waals surface area contributed by atoms with Crippen molar-refractivity contribution in [2.75, 3.05) is 6.54 Å². The standard InChI is InChI=1S/C18H27F2NO2Si/c1-18(2,3)24(4,5)23-15-10-11-21(17(15)22)12-13-6-8-14(9-7-13)16(19)20/h6-9,15-16H,10-12H2,1-5H3. The van der Waals surface area contributed by atoms with Crippen molar-refractivity contribution in [1.29, 1.82) is 0 Å². The molecule has 24 heavy (non-hydrogen) atoms. The van der Waals surface area contributed by atoms with Gasteiger partial charge in [0.2, 0.25) is 0 Å². The van der Waals surface area contributed by atoms with E-state index in [1.165, 1.54) is 12.1 Å². The quantitative estimate of drug-likeness (QED) is 0.714. The molecule has 1 amide bonds. The average molecular weight is 356 g/mol. The van der Waals surface area contributed by atoms with Crippen molar-refractivity contribution in [1.82, 2.24) is 4.90 Å². The number of likely N-dealkylation sites (tertiary alicyclic amines) is 1. The number of amides is 1. The normalized spacial score (nSPS) is 19.4. The van der Waals surface area contributed by atoms with E-state index in [4.69, 9.17) is 4.43 Å². The Morgan fingerprint density at radius 3 is 2.33 bits per heavy atom. The molecule has 1 unspecified atom stereocenters. The molecule has 0 aromatic heterocycles. The number of halogens is 2. The largest absolute Gasteiger partial charge is 0.405 e. The zero-order valence-electron chi connectivity index (χ0n) is 15.1. The highest BCUT2D eigenvalue weighted by molar-refractivity contribution is 6.74. The van der Waals surface area contributed by atoms with Crippen LogP contribution < -0.4 is 0 Å². The van der Waals surface area contributed by atoms with Crippen LogP contribution in [0.4, 0.5) is 8.78 Å². The lowest BCUT2D eigenvalue weighted by molar-refractivity contribution is -0.134. The van der Waals surface area contributed by atoms with Gasteiger partial charge in [-0.15, -0.1) is 0 Å². The Morgan fingerprint density at radius 2 is 1.83 bits per heavy atom. The lowest BCUT2D eigenvalue weighted by Crippen LogP contribution is -2.46. The first kappa shape index (κ1) is 19.1. The van der Waals surface area contributed by atoms with E-state index in [-0.39, 0.29) is 22.6 Å². The fraction of sp³-hybridized carbons (Fsp3) is 0.611. The van der Waals surface area contributed by atoms with E-state index in [1.807, 2.05) is 0 Å². The average Bonchev–Trinajstić information content (AvgIpc) is 2.79. The molecule has 1 aliphatic rings. The number of benzene rings is 1. The zero-order valence-corrected chi connectivity index (χ0v) is 16.1. The summed E-state index contributed by atoms with van der Waals surface area (Å²) in [6, 6.07) is 6.17. The maximum atomic E-state index is 12.6. The van der Waals surface area contributed by atoms with Gasteiger partial charge in [-0.05, 0) is 30.1 Å². The van der Waals surface area contributed by atoms with Gasteiger partial charge in [-0.2, -0.15) is 0 Å². The molecule has 134 valence electrons. The molecule has 1 aliphatic heterocycles. The van der Waals surface area contributed by atoms with Gasteiger partial charge in [0.15, 0.2) is 8.32 Å². The Labute approximate surface area is 144 Å². The summed E-state index contributed by atoms with van der Waals surface area (Å²) in [5.41, 5.74) is 0.867. The van der Waals surface area contributed by atoms with E-state index in [0.717, 1.165) is 5.56 Å². The van der Waals surface area contributed by atoms with Crippen molar-refractivity contribution in [2.24, 2.45) is 0 Å². The topological polar surface area (TPSA) is 29.5 Å². The molecule has 0 aliphatic carbocycles. The van der Waals surface area contributed by atoms with Gasteiger partial charge in [-0.1, -0.05) is 45.0 Å². The van der Waals surface area contributed by atoms with E-state index in [2.05, 4.69) is 33.9 Å². The monoisotopic (exact) mass is 355 g/mol. The van der Waals surface area contributed by atoms with Crippen LogP contribution in [0, 0.1) is 0 Å². The maximum absolute atomic E-state index is 12.6. The molecule has 1 aromatic rings. The smallest absolute Gasteiger partial charge is 0.263 e. The van der Waals surface area contributed by atoms with Gasteiger partial charge >= 0.3 is 0 Å². The van der Waals surface area contributed by atoms with Crippen LogP contribution in [0.2, 0.25) is 18.1 Å². The Balaban J connectivity index is 1.99. The zero-order chi connectivity index (χ0) is 18.1. The Bertz CT molecular complexity index is 582. The molecule has 0 N–H and O–H groups in total. The molecule has 2 rings (SSSR count). The highest BCUT2D eigenvalue weighted by atomic mass is 28.4. The fourth-order valence-corrected chi connectivity index (χ4v) is 3.78. The first-order chi connectivity index (χ1) is 11.0. The first-order valence-electron chi connectivity index (χ1n) is 8.35. The second-order valence-corrected chi connectivity index (χ2v) is 12.7. The van der Waals surface area contributed by atoms with Crippen molar-refractivity contribution in [2.45, 2.75) is 64.4 Å². The summed E-state index contributed by atoms with van der Waals surface area (Å²) in [7, 11) is -1.98. The van der Waals surface area contributed by atoms with E-state index in [1.54, 1.807) is 17.0 Å². The van der Waals surface area contributed by atoms with Gasteiger partial charge in [0.1, 0.15) is 6.10 Å². The molecule has 0 bridgehead atoms. The van der Waals surface area contributed by atoms with Crippen LogP contribution >= 0.6 is 0 Å². The lowest BCUT2D eigenvalue weighted by atomic mass is 10.1. The van der Waals surface area contributed by atoms with Gasteiger partial charge in [-0.25, -0.2) is 8.78 Å². The van der Waals surface area contributed by atoms with Crippen molar-refractivity contribution in [3.63, 3.8) is 0 Å². The number of carbonyl (C=O) groups excluding carboxylic acids is 1. The molecule has 0 radical (unpaired) electrons. The number of hydrogen-bond donors (Lipinski definition) is 0. The van der Waals surface area contributed by atoms with Crippen LogP contribution in [0.3, 0.4) is 0 Å². The van der Waals surface area contributed by atoms with Crippen LogP contribution in [0.1, 0.15) is 44.7 Å². The number of hydrogen-bond acceptors (Lipinski definition) is 2. The number of carbonyl (C=O) groups is 1. The fourth-order valence-electron chi connectivity index (χ4n) is 2.50. The second kappa shape index (κ2) is 6.92. The maximum Gasteiger partial charge on any atom is 0.263 e. The molecule has 3 nitrogen and oxygen atoms in total. The minimum Gasteiger partial charge on any atom is -0.405 e. The summed E-state index contributed by atoms with van der Waals surface area (Å²) in [6.07, 6.45) is -2.14. The lowest BCUT2D eigenvalue weighted by Gasteiger charge is -2.37. The highest BCUT2D eigenvalue weighted by Gasteiger charge is 2.43. The minimum atomic E-state index is -2.46. The first-order valence-corrected chi connectivity index (χ1v) is 11.3. The molecule has 1 atom stereocenters. The van der Waals surface area contributed by atoms with Crippen LogP contribution in [0.25, 0.3) is 0 Å². The van der Waals surface area contributed by atoms with E-state index >= 15 is 0 Å². The van der Waals surface area contributed by atoms with Crippen molar-refractivity contribution < 1.29 is 18.0 Å². The SMILES string of the molecule is CC(C)(C)[Si](C)(C)OC1CCN(Cc2ccc(C(F)F)cc2)C1=O. The Morgan fingerprint density at radius 1 is 1.25 bits per heavy atom.